The van der Waals surface area contributed by atoms with Gasteiger partial charge in [-0.1, -0.05) is 71.0 Å². The van der Waals surface area contributed by atoms with Gasteiger partial charge in [-0.3, -0.25) is 4.79 Å². The number of thiazole rings is 1. The molecule has 0 aliphatic rings. The Hall–Kier alpha value is -2.76. The molecule has 0 atom stereocenters. The van der Waals surface area contributed by atoms with Crippen LogP contribution in [0.3, 0.4) is 0 Å². The third kappa shape index (κ3) is 3.45. The van der Waals surface area contributed by atoms with Gasteiger partial charge in [0.25, 0.3) is 5.56 Å². The number of halogens is 1. The largest absolute Gasteiger partial charge is 0.291 e. The third-order valence-electron chi connectivity index (χ3n) is 3.85. The number of rotatable bonds is 3. The van der Waals surface area contributed by atoms with E-state index in [0.717, 1.165) is 11.1 Å². The fourth-order valence-electron chi connectivity index (χ4n) is 2.52. The summed E-state index contributed by atoms with van der Waals surface area (Å²) >= 11 is 7.30. The number of benzene rings is 2. The van der Waals surface area contributed by atoms with Crippen LogP contribution in [0.5, 0.6) is 0 Å². The van der Waals surface area contributed by atoms with Crippen LogP contribution in [-0.2, 0) is 0 Å². The number of fused-ring (bicyclic) bond motifs is 1. The molecule has 0 spiro atoms. The van der Waals surface area contributed by atoms with Crippen molar-refractivity contribution in [1.29, 1.82) is 0 Å². The average molecular weight is 380 g/mol. The number of aromatic nitrogens is 3. The molecule has 0 aliphatic heterocycles. The molecular weight excluding hydrogens is 366 g/mol. The van der Waals surface area contributed by atoms with E-state index in [0.29, 0.717) is 20.3 Å². The first-order chi connectivity index (χ1) is 12.6. The van der Waals surface area contributed by atoms with E-state index in [1.54, 1.807) is 12.1 Å². The second-order valence-electron chi connectivity index (χ2n) is 5.88. The standard InChI is InChI=1S/C20H14ClN3OS/c1-13-5-7-14(8-6-13)9-10-18-22-20-24(23-18)19(25)17(26-20)12-15-3-2-4-16(21)11-15/h2-12H,1H3/b10-9+,17-12+. The van der Waals surface area contributed by atoms with Crippen LogP contribution in [0.4, 0.5) is 0 Å². The zero-order valence-corrected chi connectivity index (χ0v) is 15.5. The second kappa shape index (κ2) is 6.86. The molecule has 0 bridgehead atoms. The van der Waals surface area contributed by atoms with E-state index in [-0.39, 0.29) is 5.56 Å². The van der Waals surface area contributed by atoms with Gasteiger partial charge >= 0.3 is 0 Å². The van der Waals surface area contributed by atoms with Crippen LogP contribution >= 0.6 is 22.9 Å². The zero-order chi connectivity index (χ0) is 18.1. The maximum Gasteiger partial charge on any atom is 0.291 e. The zero-order valence-electron chi connectivity index (χ0n) is 13.9. The molecule has 0 amide bonds. The summed E-state index contributed by atoms with van der Waals surface area (Å²) in [6, 6.07) is 15.5. The van der Waals surface area contributed by atoms with Crippen LogP contribution in [0, 0.1) is 6.92 Å². The van der Waals surface area contributed by atoms with Crippen molar-refractivity contribution in [1.82, 2.24) is 14.6 Å². The summed E-state index contributed by atoms with van der Waals surface area (Å²) in [6.07, 6.45) is 5.55. The molecule has 2 aromatic heterocycles. The van der Waals surface area contributed by atoms with Gasteiger partial charge in [0.2, 0.25) is 4.96 Å². The van der Waals surface area contributed by atoms with E-state index in [4.69, 9.17) is 11.6 Å². The van der Waals surface area contributed by atoms with E-state index in [1.807, 2.05) is 61.5 Å². The van der Waals surface area contributed by atoms with Crippen molar-refractivity contribution >= 4 is 46.1 Å². The van der Waals surface area contributed by atoms with E-state index in [9.17, 15) is 4.79 Å². The van der Waals surface area contributed by atoms with Gasteiger partial charge in [-0.15, -0.1) is 5.10 Å². The summed E-state index contributed by atoms with van der Waals surface area (Å²) in [5.74, 6) is 0.517. The fourth-order valence-corrected chi connectivity index (χ4v) is 3.63. The molecule has 0 saturated carbocycles. The predicted molar refractivity (Wildman–Crippen MR) is 107 cm³/mol. The Bertz CT molecular complexity index is 1220. The average Bonchev–Trinajstić information content (AvgIpc) is 3.14. The second-order valence-corrected chi connectivity index (χ2v) is 7.32. The Labute approximate surface area is 158 Å². The first kappa shape index (κ1) is 16.7. The van der Waals surface area contributed by atoms with Crippen LogP contribution in [-0.4, -0.2) is 14.6 Å². The number of hydrogen-bond donors (Lipinski definition) is 0. The van der Waals surface area contributed by atoms with E-state index >= 15 is 0 Å². The van der Waals surface area contributed by atoms with Crippen molar-refractivity contribution < 1.29 is 0 Å². The van der Waals surface area contributed by atoms with E-state index in [1.165, 1.54) is 21.4 Å². The smallest absolute Gasteiger partial charge is 0.266 e. The first-order valence-electron chi connectivity index (χ1n) is 8.00. The summed E-state index contributed by atoms with van der Waals surface area (Å²) in [6.45, 7) is 2.05. The van der Waals surface area contributed by atoms with Crippen LogP contribution in [0.2, 0.25) is 5.02 Å². The highest BCUT2D eigenvalue weighted by molar-refractivity contribution is 7.15. The van der Waals surface area contributed by atoms with Crippen molar-refractivity contribution in [2.24, 2.45) is 0 Å². The Kier molecular flexibility index (Phi) is 4.41. The monoisotopic (exact) mass is 379 g/mol. The van der Waals surface area contributed by atoms with Gasteiger partial charge in [-0.25, -0.2) is 0 Å². The lowest BCUT2D eigenvalue weighted by Crippen LogP contribution is -2.23. The van der Waals surface area contributed by atoms with Gasteiger partial charge in [-0.2, -0.15) is 9.50 Å². The lowest BCUT2D eigenvalue weighted by Gasteiger charge is -1.93. The summed E-state index contributed by atoms with van der Waals surface area (Å²) in [7, 11) is 0. The van der Waals surface area contributed by atoms with E-state index < -0.39 is 0 Å². The van der Waals surface area contributed by atoms with Crippen molar-refractivity contribution in [2.75, 3.05) is 0 Å². The fraction of sp³-hybridized carbons (Fsp3) is 0.0500. The van der Waals surface area contributed by atoms with Gasteiger partial charge in [0.15, 0.2) is 5.82 Å². The van der Waals surface area contributed by atoms with Crippen molar-refractivity contribution in [3.8, 4) is 0 Å². The number of nitrogens with zero attached hydrogens (tertiary/aromatic N) is 3. The molecule has 4 rings (SSSR count). The number of aryl methyl sites for hydroxylation is 1. The summed E-state index contributed by atoms with van der Waals surface area (Å²) in [5.41, 5.74) is 2.97. The highest BCUT2D eigenvalue weighted by Gasteiger charge is 2.08. The molecule has 0 unspecified atom stereocenters. The third-order valence-corrected chi connectivity index (χ3v) is 5.04. The molecule has 4 aromatic rings. The molecule has 0 fully saturated rings. The van der Waals surface area contributed by atoms with Crippen LogP contribution in [0.15, 0.2) is 53.3 Å². The maximum atomic E-state index is 12.5. The Morgan fingerprint density at radius 2 is 1.88 bits per heavy atom. The molecule has 4 nitrogen and oxygen atoms in total. The lowest BCUT2D eigenvalue weighted by atomic mass is 10.1. The summed E-state index contributed by atoms with van der Waals surface area (Å²) in [5, 5.41) is 4.93. The number of hydrogen-bond acceptors (Lipinski definition) is 4. The Morgan fingerprint density at radius 1 is 1.08 bits per heavy atom. The normalized spacial score (nSPS) is 12.5. The molecule has 2 heterocycles. The molecule has 0 saturated heterocycles. The maximum absolute atomic E-state index is 12.5. The minimum absolute atomic E-state index is 0.174. The topological polar surface area (TPSA) is 47.3 Å². The van der Waals surface area contributed by atoms with Crippen LogP contribution in [0.1, 0.15) is 22.5 Å². The minimum atomic E-state index is -0.174. The van der Waals surface area contributed by atoms with Crippen molar-refractivity contribution in [3.63, 3.8) is 0 Å². The van der Waals surface area contributed by atoms with Gasteiger partial charge in [-0.05, 0) is 42.3 Å². The summed E-state index contributed by atoms with van der Waals surface area (Å²) < 4.78 is 1.92. The highest BCUT2D eigenvalue weighted by Crippen LogP contribution is 2.12. The molecule has 0 aliphatic carbocycles. The van der Waals surface area contributed by atoms with Crippen LogP contribution < -0.4 is 10.1 Å². The Morgan fingerprint density at radius 3 is 2.62 bits per heavy atom. The molecule has 2 aromatic carbocycles. The van der Waals surface area contributed by atoms with Gasteiger partial charge in [0, 0.05) is 5.02 Å². The molecule has 128 valence electrons. The molecule has 26 heavy (non-hydrogen) atoms. The van der Waals surface area contributed by atoms with Crippen LogP contribution in [0.25, 0.3) is 23.2 Å². The molecule has 6 heteroatoms. The summed E-state index contributed by atoms with van der Waals surface area (Å²) in [4.78, 5) is 17.5. The van der Waals surface area contributed by atoms with Gasteiger partial charge < -0.3 is 0 Å². The molecular formula is C20H14ClN3OS. The quantitative estimate of drug-likeness (QED) is 0.543. The lowest BCUT2D eigenvalue weighted by molar-refractivity contribution is 0.925. The highest BCUT2D eigenvalue weighted by atomic mass is 35.5. The van der Waals surface area contributed by atoms with E-state index in [2.05, 4.69) is 10.1 Å². The van der Waals surface area contributed by atoms with Gasteiger partial charge in [0.05, 0.1) is 4.53 Å². The SMILES string of the molecule is Cc1ccc(/C=C/c2nc3s/c(=C/c4cccc(Cl)c4)c(=O)n3n2)cc1. The molecule has 0 N–H and O–H groups in total. The van der Waals surface area contributed by atoms with Crippen molar-refractivity contribution in [3.05, 3.63) is 91.0 Å². The first-order valence-corrected chi connectivity index (χ1v) is 9.19. The van der Waals surface area contributed by atoms with Gasteiger partial charge in [0.1, 0.15) is 0 Å². The Balaban J connectivity index is 1.67. The molecule has 0 radical (unpaired) electrons. The minimum Gasteiger partial charge on any atom is -0.266 e. The predicted octanol–water partition coefficient (Wildman–Crippen LogP) is 3.83. The van der Waals surface area contributed by atoms with Crippen molar-refractivity contribution in [2.45, 2.75) is 6.92 Å².